The van der Waals surface area contributed by atoms with Crippen LogP contribution < -0.4 is 10.9 Å². The number of likely N-dealkylation sites (tertiary alicyclic amines) is 1. The van der Waals surface area contributed by atoms with Crippen LogP contribution in [0.15, 0.2) is 41.3 Å². The van der Waals surface area contributed by atoms with E-state index in [9.17, 15) is 9.59 Å². The molecule has 174 valence electrons. The number of aryl methyl sites for hydroxylation is 2. The van der Waals surface area contributed by atoms with Crippen molar-refractivity contribution in [3.63, 3.8) is 0 Å². The third kappa shape index (κ3) is 4.34. The molecule has 4 heterocycles. The van der Waals surface area contributed by atoms with Crippen molar-refractivity contribution in [2.45, 2.75) is 39.2 Å². The Morgan fingerprint density at radius 3 is 2.76 bits per heavy atom. The summed E-state index contributed by atoms with van der Waals surface area (Å²) in [7, 11) is 1.79. The van der Waals surface area contributed by atoms with Crippen LogP contribution in [0.4, 0.5) is 0 Å². The van der Waals surface area contributed by atoms with Crippen LogP contribution >= 0.6 is 0 Å². The Labute approximate surface area is 194 Å². The fourth-order valence-corrected chi connectivity index (χ4v) is 5.48. The van der Waals surface area contributed by atoms with E-state index in [1.54, 1.807) is 11.6 Å². The predicted octanol–water partition coefficient (Wildman–Crippen LogP) is 2.95. The summed E-state index contributed by atoms with van der Waals surface area (Å²) in [6, 6.07) is 10.1. The standard InChI is InChI=1S/C26H33N5O2/c1-18-14-21(17-29(2)25(18)32)24-28-22-7-3-4-8-23(22)31(24)16-19-6-5-13-30(15-19)26(33)20-9-11-27-12-10-20/h3-4,7-8,14,17,19-20,27H,5-6,9-13,15-16H2,1-2H3/t19-/m1/s1. The number of fused-ring (bicyclic) bond motifs is 1. The number of rotatable bonds is 4. The molecule has 2 fully saturated rings. The molecule has 0 saturated carbocycles. The van der Waals surface area contributed by atoms with Crippen molar-refractivity contribution < 1.29 is 4.79 Å². The van der Waals surface area contributed by atoms with Crippen molar-refractivity contribution in [3.05, 3.63) is 52.4 Å². The second kappa shape index (κ2) is 9.14. The summed E-state index contributed by atoms with van der Waals surface area (Å²) in [5.41, 5.74) is 3.73. The van der Waals surface area contributed by atoms with Crippen molar-refractivity contribution in [1.82, 2.24) is 24.3 Å². The molecular weight excluding hydrogens is 414 g/mol. The first-order valence-corrected chi connectivity index (χ1v) is 12.1. The number of imidazole rings is 1. The number of benzene rings is 1. The number of nitrogens with one attached hydrogen (secondary N) is 1. The van der Waals surface area contributed by atoms with E-state index in [1.807, 2.05) is 37.4 Å². The van der Waals surface area contributed by atoms with Crippen LogP contribution in [0, 0.1) is 18.8 Å². The highest BCUT2D eigenvalue weighted by molar-refractivity contribution is 5.81. The van der Waals surface area contributed by atoms with Gasteiger partial charge in [0.1, 0.15) is 5.82 Å². The topological polar surface area (TPSA) is 72.2 Å². The molecule has 33 heavy (non-hydrogen) atoms. The number of piperidine rings is 2. The lowest BCUT2D eigenvalue weighted by molar-refractivity contribution is -0.138. The molecule has 1 amide bonds. The van der Waals surface area contributed by atoms with Crippen LogP contribution in [-0.4, -0.2) is 51.1 Å². The van der Waals surface area contributed by atoms with E-state index in [-0.39, 0.29) is 11.5 Å². The zero-order valence-electron chi connectivity index (χ0n) is 19.6. The average molecular weight is 448 g/mol. The molecule has 2 aliphatic rings. The van der Waals surface area contributed by atoms with Gasteiger partial charge < -0.3 is 19.4 Å². The lowest BCUT2D eigenvalue weighted by Crippen LogP contribution is -2.46. The summed E-state index contributed by atoms with van der Waals surface area (Å²) in [5.74, 6) is 1.78. The maximum absolute atomic E-state index is 13.2. The Hall–Kier alpha value is -2.93. The van der Waals surface area contributed by atoms with Gasteiger partial charge in [-0.1, -0.05) is 12.1 Å². The average Bonchev–Trinajstić information content (AvgIpc) is 3.21. The van der Waals surface area contributed by atoms with Gasteiger partial charge in [-0.2, -0.15) is 0 Å². The number of carbonyl (C=O) groups excluding carboxylic acids is 1. The van der Waals surface area contributed by atoms with Gasteiger partial charge in [-0.25, -0.2) is 4.98 Å². The first-order valence-electron chi connectivity index (χ1n) is 12.1. The molecule has 7 heteroatoms. The number of hydrogen-bond acceptors (Lipinski definition) is 4. The quantitative estimate of drug-likeness (QED) is 0.668. The molecule has 0 spiro atoms. The number of carbonyl (C=O) groups is 1. The number of nitrogens with zero attached hydrogens (tertiary/aromatic N) is 4. The smallest absolute Gasteiger partial charge is 0.253 e. The molecule has 2 saturated heterocycles. The zero-order valence-corrected chi connectivity index (χ0v) is 19.6. The highest BCUT2D eigenvalue weighted by atomic mass is 16.2. The summed E-state index contributed by atoms with van der Waals surface area (Å²) < 4.78 is 3.92. The summed E-state index contributed by atoms with van der Waals surface area (Å²) >= 11 is 0. The van der Waals surface area contributed by atoms with Gasteiger partial charge in [0.15, 0.2) is 0 Å². The Morgan fingerprint density at radius 2 is 1.97 bits per heavy atom. The Balaban J connectivity index is 1.44. The second-order valence-corrected chi connectivity index (χ2v) is 9.68. The molecule has 1 N–H and O–H groups in total. The van der Waals surface area contributed by atoms with Gasteiger partial charge in [-0.05, 0) is 69.8 Å². The van der Waals surface area contributed by atoms with Crippen LogP contribution in [-0.2, 0) is 18.4 Å². The van der Waals surface area contributed by atoms with Crippen LogP contribution in [0.3, 0.4) is 0 Å². The van der Waals surface area contributed by atoms with Gasteiger partial charge in [-0.3, -0.25) is 9.59 Å². The molecule has 0 radical (unpaired) electrons. The summed E-state index contributed by atoms with van der Waals surface area (Å²) in [5, 5.41) is 3.36. The first-order chi connectivity index (χ1) is 16.0. The molecule has 2 aromatic heterocycles. The third-order valence-electron chi connectivity index (χ3n) is 7.24. The van der Waals surface area contributed by atoms with E-state index in [0.717, 1.165) is 80.8 Å². The van der Waals surface area contributed by atoms with E-state index in [1.165, 1.54) is 0 Å². The van der Waals surface area contributed by atoms with Crippen molar-refractivity contribution in [2.24, 2.45) is 18.9 Å². The number of para-hydroxylation sites is 2. The van der Waals surface area contributed by atoms with E-state index >= 15 is 0 Å². The molecule has 3 aromatic rings. The monoisotopic (exact) mass is 447 g/mol. The van der Waals surface area contributed by atoms with E-state index in [2.05, 4.69) is 20.9 Å². The van der Waals surface area contributed by atoms with Gasteiger partial charge in [0.2, 0.25) is 5.91 Å². The van der Waals surface area contributed by atoms with E-state index in [0.29, 0.717) is 17.4 Å². The summed E-state index contributed by atoms with van der Waals surface area (Å²) in [4.78, 5) is 32.5. The molecule has 2 aliphatic heterocycles. The van der Waals surface area contributed by atoms with Crippen LogP contribution in [0.2, 0.25) is 0 Å². The van der Waals surface area contributed by atoms with E-state index in [4.69, 9.17) is 4.98 Å². The molecular formula is C26H33N5O2. The number of amides is 1. The minimum atomic E-state index is 0.0146. The van der Waals surface area contributed by atoms with Gasteiger partial charge >= 0.3 is 0 Å². The Morgan fingerprint density at radius 1 is 1.18 bits per heavy atom. The summed E-state index contributed by atoms with van der Waals surface area (Å²) in [6.07, 6.45) is 5.92. The highest BCUT2D eigenvalue weighted by Crippen LogP contribution is 2.29. The van der Waals surface area contributed by atoms with Crippen molar-refractivity contribution in [1.29, 1.82) is 0 Å². The highest BCUT2D eigenvalue weighted by Gasteiger charge is 2.30. The van der Waals surface area contributed by atoms with Gasteiger partial charge in [0, 0.05) is 49.9 Å². The second-order valence-electron chi connectivity index (χ2n) is 9.68. The predicted molar refractivity (Wildman–Crippen MR) is 130 cm³/mol. The van der Waals surface area contributed by atoms with Crippen molar-refractivity contribution >= 4 is 16.9 Å². The van der Waals surface area contributed by atoms with Crippen molar-refractivity contribution in [2.75, 3.05) is 26.2 Å². The third-order valence-corrected chi connectivity index (χ3v) is 7.24. The fourth-order valence-electron chi connectivity index (χ4n) is 5.48. The normalized spacial score (nSPS) is 19.8. The summed E-state index contributed by atoms with van der Waals surface area (Å²) in [6.45, 7) is 6.23. The molecule has 0 unspecified atom stereocenters. The number of aromatic nitrogens is 3. The number of hydrogen-bond donors (Lipinski definition) is 1. The molecule has 5 rings (SSSR count). The van der Waals surface area contributed by atoms with Crippen LogP contribution in [0.25, 0.3) is 22.4 Å². The minimum Gasteiger partial charge on any atom is -0.342 e. The Bertz CT molecular complexity index is 1190. The maximum atomic E-state index is 13.2. The molecule has 0 aliphatic carbocycles. The Kier molecular flexibility index (Phi) is 6.06. The largest absolute Gasteiger partial charge is 0.342 e. The molecule has 7 nitrogen and oxygen atoms in total. The number of pyridine rings is 1. The van der Waals surface area contributed by atoms with Crippen LogP contribution in [0.5, 0.6) is 0 Å². The lowest BCUT2D eigenvalue weighted by Gasteiger charge is -2.36. The van der Waals surface area contributed by atoms with Gasteiger partial charge in [0.05, 0.1) is 11.0 Å². The SMILES string of the molecule is Cc1cc(-c2nc3ccccc3n2C[C@@H]2CCCN(C(=O)C3CCNCC3)C2)cn(C)c1=O. The minimum absolute atomic E-state index is 0.0146. The molecule has 0 bridgehead atoms. The van der Waals surface area contributed by atoms with Gasteiger partial charge in [-0.15, -0.1) is 0 Å². The lowest BCUT2D eigenvalue weighted by atomic mass is 9.92. The molecule has 1 aromatic carbocycles. The first kappa shape index (κ1) is 21.9. The zero-order chi connectivity index (χ0) is 22.9. The van der Waals surface area contributed by atoms with Gasteiger partial charge in [0.25, 0.3) is 5.56 Å². The van der Waals surface area contributed by atoms with Crippen LogP contribution in [0.1, 0.15) is 31.2 Å². The fraction of sp³-hybridized carbons (Fsp3) is 0.500. The van der Waals surface area contributed by atoms with Crippen molar-refractivity contribution in [3.8, 4) is 11.4 Å². The maximum Gasteiger partial charge on any atom is 0.253 e. The molecule has 1 atom stereocenters. The van der Waals surface area contributed by atoms with E-state index < -0.39 is 0 Å².